The highest BCUT2D eigenvalue weighted by Gasteiger charge is 2.30. The van der Waals surface area contributed by atoms with E-state index in [0.717, 1.165) is 25.9 Å². The lowest BCUT2D eigenvalue weighted by Crippen LogP contribution is -2.37. The molecule has 0 saturated carbocycles. The summed E-state index contributed by atoms with van der Waals surface area (Å²) in [6.45, 7) is 2.31. The first-order valence-corrected chi connectivity index (χ1v) is 10.0. The summed E-state index contributed by atoms with van der Waals surface area (Å²) in [5.74, 6) is -0.0375. The molecule has 2 aliphatic heterocycles. The molecule has 0 radical (unpaired) electrons. The number of amides is 1. The Balaban J connectivity index is 1.45. The predicted molar refractivity (Wildman–Crippen MR) is 104 cm³/mol. The maximum atomic E-state index is 14.7. The molecule has 9 heteroatoms. The quantitative estimate of drug-likeness (QED) is 0.634. The van der Waals surface area contributed by atoms with Crippen LogP contribution in [0.3, 0.4) is 0 Å². The largest absolute Gasteiger partial charge is 0.357 e. The normalized spacial score (nSPS) is 16.5. The Morgan fingerprint density at radius 3 is 2.57 bits per heavy atom. The average Bonchev–Trinajstić information content (AvgIpc) is 3.39. The van der Waals surface area contributed by atoms with Crippen LogP contribution in [0.1, 0.15) is 28.2 Å². The topological polar surface area (TPSA) is 75.1 Å². The van der Waals surface area contributed by atoms with E-state index < -0.39 is 5.95 Å². The van der Waals surface area contributed by atoms with Crippen LogP contribution >= 0.6 is 11.3 Å². The second-order valence-electron chi connectivity index (χ2n) is 6.80. The molecule has 1 amide bonds. The van der Waals surface area contributed by atoms with E-state index in [1.54, 1.807) is 23.4 Å². The Kier molecular flexibility index (Phi) is 4.23. The fraction of sp³-hybridized carbons (Fsp3) is 0.316. The molecule has 0 bridgehead atoms. The summed E-state index contributed by atoms with van der Waals surface area (Å²) in [5.41, 5.74) is 1.70. The minimum Gasteiger partial charge on any atom is -0.357 e. The zero-order valence-corrected chi connectivity index (χ0v) is 15.8. The number of aromatic nitrogens is 4. The second kappa shape index (κ2) is 6.90. The van der Waals surface area contributed by atoms with Gasteiger partial charge in [-0.1, -0.05) is 0 Å². The van der Waals surface area contributed by atoms with Gasteiger partial charge in [0.2, 0.25) is 5.95 Å². The van der Waals surface area contributed by atoms with E-state index in [1.807, 2.05) is 6.07 Å². The molecule has 0 unspecified atom stereocenters. The minimum atomic E-state index is -0.545. The molecule has 0 atom stereocenters. The molecule has 28 heavy (non-hydrogen) atoms. The number of pyridine rings is 1. The summed E-state index contributed by atoms with van der Waals surface area (Å²) in [6.07, 6.45) is 7.46. The van der Waals surface area contributed by atoms with Crippen molar-refractivity contribution in [2.75, 3.05) is 29.4 Å². The summed E-state index contributed by atoms with van der Waals surface area (Å²) in [5, 5.41) is 0.488. The van der Waals surface area contributed by atoms with Gasteiger partial charge < -0.3 is 9.80 Å². The number of rotatable bonds is 3. The fourth-order valence-corrected chi connectivity index (χ4v) is 4.70. The van der Waals surface area contributed by atoms with Crippen molar-refractivity contribution in [1.29, 1.82) is 0 Å². The lowest BCUT2D eigenvalue weighted by Gasteiger charge is -2.25. The summed E-state index contributed by atoms with van der Waals surface area (Å²) in [4.78, 5) is 33.8. The van der Waals surface area contributed by atoms with Crippen molar-refractivity contribution in [2.24, 2.45) is 0 Å². The number of thiazole rings is 1. The molecule has 2 aliphatic rings. The molecule has 7 nitrogen and oxygen atoms in total. The van der Waals surface area contributed by atoms with Crippen LogP contribution in [0, 0.1) is 5.95 Å². The first kappa shape index (κ1) is 17.2. The van der Waals surface area contributed by atoms with E-state index in [-0.39, 0.29) is 5.91 Å². The summed E-state index contributed by atoms with van der Waals surface area (Å²) in [7, 11) is 0. The zero-order valence-electron chi connectivity index (χ0n) is 15.0. The van der Waals surface area contributed by atoms with Crippen molar-refractivity contribution < 1.29 is 9.18 Å². The van der Waals surface area contributed by atoms with Crippen molar-refractivity contribution in [3.05, 3.63) is 47.4 Å². The van der Waals surface area contributed by atoms with Gasteiger partial charge in [-0.15, -0.1) is 11.3 Å². The Morgan fingerprint density at radius 1 is 1.04 bits per heavy atom. The van der Waals surface area contributed by atoms with Crippen LogP contribution < -0.4 is 9.80 Å². The standard InChI is InChI=1S/C19H17FN6OS/c20-17-13(3-4-15(24-17)25-6-1-2-7-25)18-23-14-5-8-26(19(27)16(14)28-18)12-9-21-11-22-10-12/h3-4,9-11H,1-2,5-8H2. The summed E-state index contributed by atoms with van der Waals surface area (Å²) >= 11 is 1.21. The molecule has 0 spiro atoms. The van der Waals surface area contributed by atoms with Crippen molar-refractivity contribution in [3.63, 3.8) is 0 Å². The van der Waals surface area contributed by atoms with Crippen molar-refractivity contribution in [1.82, 2.24) is 19.9 Å². The SMILES string of the molecule is O=C1c2sc(-c3ccc(N4CCCC4)nc3F)nc2CCN1c1cncnc1. The van der Waals surface area contributed by atoms with Gasteiger partial charge in [-0.05, 0) is 25.0 Å². The fourth-order valence-electron chi connectivity index (χ4n) is 3.63. The van der Waals surface area contributed by atoms with Gasteiger partial charge >= 0.3 is 0 Å². The van der Waals surface area contributed by atoms with Crippen molar-refractivity contribution in [2.45, 2.75) is 19.3 Å². The van der Waals surface area contributed by atoms with Crippen molar-refractivity contribution >= 4 is 28.7 Å². The van der Waals surface area contributed by atoms with Crippen LogP contribution in [0.25, 0.3) is 10.6 Å². The lowest BCUT2D eigenvalue weighted by atomic mass is 10.1. The average molecular weight is 396 g/mol. The predicted octanol–water partition coefficient (Wildman–Crippen LogP) is 2.94. The van der Waals surface area contributed by atoms with Crippen LogP contribution in [0.15, 0.2) is 30.9 Å². The van der Waals surface area contributed by atoms with Gasteiger partial charge in [0.05, 0.1) is 29.3 Å². The molecule has 5 heterocycles. The van der Waals surface area contributed by atoms with Gasteiger partial charge in [0.25, 0.3) is 5.91 Å². The number of nitrogens with zero attached hydrogens (tertiary/aromatic N) is 6. The zero-order chi connectivity index (χ0) is 19.1. The smallest absolute Gasteiger partial charge is 0.270 e. The Morgan fingerprint density at radius 2 is 1.82 bits per heavy atom. The third-order valence-corrected chi connectivity index (χ3v) is 6.18. The summed E-state index contributed by atoms with van der Waals surface area (Å²) < 4.78 is 14.7. The van der Waals surface area contributed by atoms with Crippen LogP contribution in [0.5, 0.6) is 0 Å². The molecular weight excluding hydrogens is 379 g/mol. The Hall–Kier alpha value is -2.94. The number of carbonyl (C=O) groups excluding carboxylic acids is 1. The van der Waals surface area contributed by atoms with E-state index in [9.17, 15) is 9.18 Å². The van der Waals surface area contributed by atoms with Crippen molar-refractivity contribution in [3.8, 4) is 10.6 Å². The molecule has 0 N–H and O–H groups in total. The number of halogens is 1. The number of anilines is 2. The van der Waals surface area contributed by atoms with Gasteiger partial charge in [-0.3, -0.25) is 4.79 Å². The van der Waals surface area contributed by atoms with E-state index in [4.69, 9.17) is 0 Å². The monoisotopic (exact) mass is 396 g/mol. The minimum absolute atomic E-state index is 0.151. The molecule has 5 rings (SSSR count). The molecule has 1 saturated heterocycles. The van der Waals surface area contributed by atoms with Gasteiger partial charge in [0.15, 0.2) is 0 Å². The highest BCUT2D eigenvalue weighted by molar-refractivity contribution is 7.17. The maximum absolute atomic E-state index is 14.7. The molecule has 3 aromatic heterocycles. The van der Waals surface area contributed by atoms with Crippen LogP contribution in [0.2, 0.25) is 0 Å². The molecular formula is C19H17FN6OS. The second-order valence-corrected chi connectivity index (χ2v) is 7.80. The van der Waals surface area contributed by atoms with E-state index >= 15 is 0 Å². The number of hydrogen-bond donors (Lipinski definition) is 0. The molecule has 0 aromatic carbocycles. The Labute approximate surface area is 164 Å². The van der Waals surface area contributed by atoms with Gasteiger partial charge in [-0.2, -0.15) is 4.39 Å². The third kappa shape index (κ3) is 2.91. The van der Waals surface area contributed by atoms with Gasteiger partial charge in [-0.25, -0.2) is 19.9 Å². The first-order chi connectivity index (χ1) is 13.7. The van der Waals surface area contributed by atoms with Crippen LogP contribution in [-0.4, -0.2) is 45.5 Å². The molecule has 3 aromatic rings. The maximum Gasteiger partial charge on any atom is 0.270 e. The van der Waals surface area contributed by atoms with Crippen LogP contribution in [0.4, 0.5) is 15.9 Å². The van der Waals surface area contributed by atoms with Gasteiger partial charge in [0, 0.05) is 26.1 Å². The molecule has 1 fully saturated rings. The number of carbonyl (C=O) groups is 1. The van der Waals surface area contributed by atoms with Gasteiger partial charge in [0.1, 0.15) is 22.0 Å². The number of fused-ring (bicyclic) bond motifs is 1. The lowest BCUT2D eigenvalue weighted by molar-refractivity contribution is 0.0984. The Bertz CT molecular complexity index is 1030. The highest BCUT2D eigenvalue weighted by atomic mass is 32.1. The molecule has 0 aliphatic carbocycles. The van der Waals surface area contributed by atoms with Crippen LogP contribution in [-0.2, 0) is 6.42 Å². The number of hydrogen-bond acceptors (Lipinski definition) is 7. The van der Waals surface area contributed by atoms with E-state index in [2.05, 4.69) is 24.8 Å². The molecule has 142 valence electrons. The van der Waals surface area contributed by atoms with E-state index in [0.29, 0.717) is 45.6 Å². The first-order valence-electron chi connectivity index (χ1n) is 9.19. The third-order valence-electron chi connectivity index (χ3n) is 5.06. The van der Waals surface area contributed by atoms with E-state index in [1.165, 1.54) is 17.7 Å². The summed E-state index contributed by atoms with van der Waals surface area (Å²) in [6, 6.07) is 3.55. The highest BCUT2D eigenvalue weighted by Crippen LogP contribution is 2.34.